The van der Waals surface area contributed by atoms with Crippen molar-refractivity contribution in [3.63, 3.8) is 0 Å². The van der Waals surface area contributed by atoms with Crippen molar-refractivity contribution in [3.05, 3.63) is 82.1 Å². The first kappa shape index (κ1) is 20.4. The van der Waals surface area contributed by atoms with Crippen LogP contribution in [0, 0.1) is 0 Å². The van der Waals surface area contributed by atoms with Crippen LogP contribution in [0.4, 0.5) is 0 Å². The Hall–Kier alpha value is -2.34. The average Bonchev–Trinajstić information content (AvgIpc) is 3.13. The summed E-state index contributed by atoms with van der Waals surface area (Å²) in [6.07, 6.45) is 3.73. The van der Waals surface area contributed by atoms with E-state index in [1.807, 2.05) is 59.2 Å². The van der Waals surface area contributed by atoms with E-state index in [9.17, 15) is 4.79 Å². The molecule has 0 bridgehead atoms. The summed E-state index contributed by atoms with van der Waals surface area (Å²) in [4.78, 5) is 16.2. The van der Waals surface area contributed by atoms with Crippen molar-refractivity contribution in [1.82, 2.24) is 19.6 Å². The smallest absolute Gasteiger partial charge is 0.236 e. The van der Waals surface area contributed by atoms with Gasteiger partial charge in [0.25, 0.3) is 0 Å². The number of carbonyl (C=O) groups is 1. The Bertz CT molecular complexity index is 943. The SMILES string of the molecule is CN(CC(=O)N(C)Cc1cnn(-c2ccccc2)c1)Cc1ccc(Cl)cc1Cl. The second-order valence-electron chi connectivity index (χ2n) is 6.79. The zero-order valence-corrected chi connectivity index (χ0v) is 17.4. The molecule has 3 rings (SSSR count). The maximum Gasteiger partial charge on any atom is 0.236 e. The third-order valence-electron chi connectivity index (χ3n) is 4.36. The van der Waals surface area contributed by atoms with Crippen molar-refractivity contribution in [3.8, 4) is 5.69 Å². The second-order valence-corrected chi connectivity index (χ2v) is 7.63. The largest absolute Gasteiger partial charge is 0.340 e. The minimum atomic E-state index is 0.0278. The van der Waals surface area contributed by atoms with Crippen LogP contribution in [0.5, 0.6) is 0 Å². The summed E-state index contributed by atoms with van der Waals surface area (Å²) in [6, 6.07) is 15.3. The van der Waals surface area contributed by atoms with Gasteiger partial charge in [-0.25, -0.2) is 4.68 Å². The maximum absolute atomic E-state index is 12.6. The number of benzene rings is 2. The Morgan fingerprint density at radius 2 is 1.82 bits per heavy atom. The predicted molar refractivity (Wildman–Crippen MR) is 113 cm³/mol. The molecule has 0 saturated heterocycles. The zero-order valence-electron chi connectivity index (χ0n) is 15.8. The molecule has 0 aliphatic carbocycles. The normalized spacial score (nSPS) is 11.0. The zero-order chi connectivity index (χ0) is 20.1. The van der Waals surface area contributed by atoms with E-state index in [1.165, 1.54) is 0 Å². The van der Waals surface area contributed by atoms with E-state index in [0.717, 1.165) is 16.8 Å². The molecule has 0 radical (unpaired) electrons. The topological polar surface area (TPSA) is 41.4 Å². The molecule has 0 fully saturated rings. The Balaban J connectivity index is 1.55. The number of nitrogens with zero attached hydrogens (tertiary/aromatic N) is 4. The van der Waals surface area contributed by atoms with Gasteiger partial charge >= 0.3 is 0 Å². The van der Waals surface area contributed by atoms with Crippen molar-refractivity contribution < 1.29 is 4.79 Å². The molecule has 0 aliphatic heterocycles. The molecular formula is C21H22Cl2N4O. The summed E-state index contributed by atoms with van der Waals surface area (Å²) < 4.78 is 1.81. The van der Waals surface area contributed by atoms with E-state index >= 15 is 0 Å². The van der Waals surface area contributed by atoms with Crippen LogP contribution in [0.1, 0.15) is 11.1 Å². The van der Waals surface area contributed by atoms with E-state index in [4.69, 9.17) is 23.2 Å². The Morgan fingerprint density at radius 3 is 2.54 bits per heavy atom. The van der Waals surface area contributed by atoms with Gasteiger partial charge in [0.2, 0.25) is 5.91 Å². The lowest BCUT2D eigenvalue weighted by molar-refractivity contribution is -0.131. The monoisotopic (exact) mass is 416 g/mol. The first-order chi connectivity index (χ1) is 13.4. The van der Waals surface area contributed by atoms with E-state index in [-0.39, 0.29) is 5.91 Å². The Kier molecular flexibility index (Phi) is 6.73. The number of hydrogen-bond acceptors (Lipinski definition) is 3. The number of aromatic nitrogens is 2. The fourth-order valence-electron chi connectivity index (χ4n) is 2.87. The van der Waals surface area contributed by atoms with Gasteiger partial charge in [0.05, 0.1) is 18.4 Å². The summed E-state index contributed by atoms with van der Waals surface area (Å²) in [5.41, 5.74) is 2.90. The molecule has 0 spiro atoms. The predicted octanol–water partition coefficient (Wildman–Crippen LogP) is 4.27. The van der Waals surface area contributed by atoms with Crippen molar-refractivity contribution in [1.29, 1.82) is 0 Å². The average molecular weight is 417 g/mol. The van der Waals surface area contributed by atoms with Crippen LogP contribution in [0.25, 0.3) is 5.69 Å². The number of halogens is 2. The third-order valence-corrected chi connectivity index (χ3v) is 4.95. The summed E-state index contributed by atoms with van der Waals surface area (Å²) in [7, 11) is 3.69. The molecule has 0 aliphatic rings. The van der Waals surface area contributed by atoms with Crippen molar-refractivity contribution in [2.45, 2.75) is 13.1 Å². The van der Waals surface area contributed by atoms with Gasteiger partial charge in [0.1, 0.15) is 0 Å². The van der Waals surface area contributed by atoms with Crippen LogP contribution in [0.15, 0.2) is 60.9 Å². The number of rotatable bonds is 7. The number of carbonyl (C=O) groups excluding carboxylic acids is 1. The fraction of sp³-hybridized carbons (Fsp3) is 0.238. The molecule has 7 heteroatoms. The molecule has 146 valence electrons. The van der Waals surface area contributed by atoms with Gasteiger partial charge in [-0.15, -0.1) is 0 Å². The summed E-state index contributed by atoms with van der Waals surface area (Å²) in [5.74, 6) is 0.0278. The standard InChI is InChI=1S/C21H22Cl2N4O/c1-25(14-17-8-9-18(22)10-20(17)23)15-21(28)26(2)12-16-11-24-27(13-16)19-6-4-3-5-7-19/h3-11,13H,12,14-15H2,1-2H3. The summed E-state index contributed by atoms with van der Waals surface area (Å²) >= 11 is 12.1. The molecule has 0 atom stereocenters. The quantitative estimate of drug-likeness (QED) is 0.577. The molecule has 5 nitrogen and oxygen atoms in total. The molecule has 0 saturated carbocycles. The van der Waals surface area contributed by atoms with Gasteiger partial charge in [0.15, 0.2) is 0 Å². The van der Waals surface area contributed by atoms with Crippen molar-refractivity contribution in [2.24, 2.45) is 0 Å². The van der Waals surface area contributed by atoms with Crippen LogP contribution in [-0.2, 0) is 17.9 Å². The highest BCUT2D eigenvalue weighted by atomic mass is 35.5. The first-order valence-corrected chi connectivity index (χ1v) is 9.63. The van der Waals surface area contributed by atoms with Gasteiger partial charge in [-0.2, -0.15) is 5.10 Å². The summed E-state index contributed by atoms with van der Waals surface area (Å²) in [6.45, 7) is 1.37. The molecule has 2 aromatic carbocycles. The van der Waals surface area contributed by atoms with Gasteiger partial charge < -0.3 is 4.90 Å². The van der Waals surface area contributed by atoms with Gasteiger partial charge in [-0.05, 0) is 36.9 Å². The number of likely N-dealkylation sites (N-methyl/N-ethyl adjacent to an activating group) is 2. The molecule has 1 amide bonds. The lowest BCUT2D eigenvalue weighted by Crippen LogP contribution is -2.36. The maximum atomic E-state index is 12.6. The van der Waals surface area contributed by atoms with Gasteiger partial charge in [-0.1, -0.05) is 47.5 Å². The minimum Gasteiger partial charge on any atom is -0.340 e. The molecule has 0 unspecified atom stereocenters. The van der Waals surface area contributed by atoms with E-state index < -0.39 is 0 Å². The number of amides is 1. The highest BCUT2D eigenvalue weighted by molar-refractivity contribution is 6.35. The fourth-order valence-corrected chi connectivity index (χ4v) is 3.34. The van der Waals surface area contributed by atoms with Crippen molar-refractivity contribution >= 4 is 29.1 Å². The summed E-state index contributed by atoms with van der Waals surface area (Å²) in [5, 5.41) is 5.58. The number of para-hydroxylation sites is 1. The lowest BCUT2D eigenvalue weighted by atomic mass is 10.2. The van der Waals surface area contributed by atoms with E-state index in [1.54, 1.807) is 30.3 Å². The number of hydrogen-bond donors (Lipinski definition) is 0. The van der Waals surface area contributed by atoms with Gasteiger partial charge in [0, 0.05) is 41.9 Å². The molecule has 3 aromatic rings. The van der Waals surface area contributed by atoms with Crippen LogP contribution in [-0.4, -0.2) is 46.1 Å². The molecule has 28 heavy (non-hydrogen) atoms. The van der Waals surface area contributed by atoms with E-state index in [0.29, 0.717) is 29.7 Å². The molecule has 1 aromatic heterocycles. The Labute approximate surface area is 175 Å². The third kappa shape index (κ3) is 5.35. The first-order valence-electron chi connectivity index (χ1n) is 8.88. The van der Waals surface area contributed by atoms with Crippen LogP contribution in [0.3, 0.4) is 0 Å². The van der Waals surface area contributed by atoms with Crippen molar-refractivity contribution in [2.75, 3.05) is 20.6 Å². The molecule has 1 heterocycles. The Morgan fingerprint density at radius 1 is 1.07 bits per heavy atom. The molecule has 0 N–H and O–H groups in total. The van der Waals surface area contributed by atoms with Gasteiger partial charge in [-0.3, -0.25) is 9.69 Å². The van der Waals surface area contributed by atoms with Crippen LogP contribution in [0.2, 0.25) is 10.0 Å². The highest BCUT2D eigenvalue weighted by Gasteiger charge is 2.14. The van der Waals surface area contributed by atoms with Crippen LogP contribution >= 0.6 is 23.2 Å². The lowest BCUT2D eigenvalue weighted by Gasteiger charge is -2.22. The van der Waals surface area contributed by atoms with Crippen LogP contribution < -0.4 is 0 Å². The highest BCUT2D eigenvalue weighted by Crippen LogP contribution is 2.22. The minimum absolute atomic E-state index is 0.0278. The molecular weight excluding hydrogens is 395 g/mol. The van der Waals surface area contributed by atoms with E-state index in [2.05, 4.69) is 5.10 Å². The second kappa shape index (κ2) is 9.24.